The van der Waals surface area contributed by atoms with Crippen LogP contribution in [0.4, 0.5) is 0 Å². The molecule has 7 nitrogen and oxygen atoms in total. The van der Waals surface area contributed by atoms with Gasteiger partial charge in [0.1, 0.15) is 6.10 Å². The van der Waals surface area contributed by atoms with E-state index in [1.807, 2.05) is 0 Å². The number of carbonyl (C=O) groups is 1. The maximum Gasteiger partial charge on any atom is 0.303 e. The Morgan fingerprint density at radius 3 is 2.81 bits per heavy atom. The van der Waals surface area contributed by atoms with E-state index in [4.69, 9.17) is 19.7 Å². The van der Waals surface area contributed by atoms with Crippen LogP contribution in [0.1, 0.15) is 20.3 Å². The fourth-order valence-electron chi connectivity index (χ4n) is 1.71. The maximum absolute atomic E-state index is 10.9. The van der Waals surface area contributed by atoms with Crippen LogP contribution in [0.3, 0.4) is 0 Å². The van der Waals surface area contributed by atoms with Crippen molar-refractivity contribution in [3.05, 3.63) is 10.4 Å². The monoisotopic (exact) mass is 229 g/mol. The maximum atomic E-state index is 10.9. The Kier molecular flexibility index (Phi) is 4.54. The number of methoxy groups -OCH3 is 1. The molecule has 0 spiro atoms. The van der Waals surface area contributed by atoms with Crippen molar-refractivity contribution in [3.8, 4) is 0 Å². The molecular formula is C9H15N3O4. The first-order valence-electron chi connectivity index (χ1n) is 4.98. The molecule has 1 rings (SSSR count). The van der Waals surface area contributed by atoms with Crippen LogP contribution in [0.15, 0.2) is 5.11 Å². The number of hydrogen-bond acceptors (Lipinski definition) is 5. The first kappa shape index (κ1) is 12.8. The van der Waals surface area contributed by atoms with Crippen LogP contribution in [0.25, 0.3) is 10.4 Å². The van der Waals surface area contributed by atoms with Gasteiger partial charge in [-0.1, -0.05) is 5.11 Å². The second-order valence-electron chi connectivity index (χ2n) is 3.59. The first-order valence-corrected chi connectivity index (χ1v) is 4.98. The number of rotatable bonds is 3. The minimum Gasteiger partial charge on any atom is -0.459 e. The Bertz CT molecular complexity index is 303. The zero-order valence-corrected chi connectivity index (χ0v) is 9.49. The molecule has 7 heteroatoms. The van der Waals surface area contributed by atoms with Gasteiger partial charge in [-0.3, -0.25) is 4.79 Å². The highest BCUT2D eigenvalue weighted by Crippen LogP contribution is 2.25. The van der Waals surface area contributed by atoms with Crippen molar-refractivity contribution in [2.75, 3.05) is 7.11 Å². The largest absolute Gasteiger partial charge is 0.459 e. The molecule has 0 N–H and O–H groups in total. The Hall–Kier alpha value is -1.30. The summed E-state index contributed by atoms with van der Waals surface area (Å²) in [5.74, 6) is -0.422. The van der Waals surface area contributed by atoms with Gasteiger partial charge in [-0.15, -0.1) is 0 Å². The Balaban J connectivity index is 2.77. The Morgan fingerprint density at radius 1 is 1.62 bits per heavy atom. The van der Waals surface area contributed by atoms with Crippen molar-refractivity contribution in [2.24, 2.45) is 5.11 Å². The molecule has 1 aliphatic rings. The Morgan fingerprint density at radius 2 is 2.31 bits per heavy atom. The van der Waals surface area contributed by atoms with E-state index >= 15 is 0 Å². The molecule has 90 valence electrons. The summed E-state index contributed by atoms with van der Waals surface area (Å²) in [5.41, 5.74) is 8.45. The van der Waals surface area contributed by atoms with Crippen molar-refractivity contribution in [2.45, 2.75) is 44.8 Å². The van der Waals surface area contributed by atoms with Crippen LogP contribution in [0.5, 0.6) is 0 Å². The fourth-order valence-corrected chi connectivity index (χ4v) is 1.71. The molecule has 0 unspecified atom stereocenters. The van der Waals surface area contributed by atoms with Gasteiger partial charge in [0.2, 0.25) is 0 Å². The summed E-state index contributed by atoms with van der Waals surface area (Å²) in [5, 5.41) is 3.61. The molecule has 0 bridgehead atoms. The predicted molar refractivity (Wildman–Crippen MR) is 54.4 cm³/mol. The zero-order chi connectivity index (χ0) is 12.1. The molecule has 0 radical (unpaired) electrons. The molecule has 0 amide bonds. The van der Waals surface area contributed by atoms with Gasteiger partial charge in [0.15, 0.2) is 6.29 Å². The third-order valence-electron chi connectivity index (χ3n) is 2.41. The quantitative estimate of drug-likeness (QED) is 0.316. The molecule has 0 aromatic heterocycles. The SMILES string of the molecule is CO[C@H]1C[C@H](N=[N+]=[N-])[C@@H](OC(C)=O)[C@H](C)O1. The smallest absolute Gasteiger partial charge is 0.303 e. The van der Waals surface area contributed by atoms with Crippen LogP contribution in [-0.2, 0) is 19.0 Å². The topological polar surface area (TPSA) is 93.5 Å². The summed E-state index contributed by atoms with van der Waals surface area (Å²) >= 11 is 0. The van der Waals surface area contributed by atoms with Crippen molar-refractivity contribution >= 4 is 5.97 Å². The Labute approximate surface area is 93.3 Å². The van der Waals surface area contributed by atoms with E-state index in [2.05, 4.69) is 10.0 Å². The van der Waals surface area contributed by atoms with Gasteiger partial charge in [-0.25, -0.2) is 0 Å². The van der Waals surface area contributed by atoms with Crippen LogP contribution < -0.4 is 0 Å². The second kappa shape index (κ2) is 5.69. The van der Waals surface area contributed by atoms with E-state index in [-0.39, 0.29) is 6.10 Å². The van der Waals surface area contributed by atoms with Crippen LogP contribution in [-0.4, -0.2) is 37.6 Å². The minimum atomic E-state index is -0.556. The van der Waals surface area contributed by atoms with E-state index < -0.39 is 24.4 Å². The minimum absolute atomic E-state index is 0.363. The normalized spacial score (nSPS) is 33.9. The highest BCUT2D eigenvalue weighted by atomic mass is 16.7. The lowest BCUT2D eigenvalue weighted by Gasteiger charge is -2.37. The van der Waals surface area contributed by atoms with E-state index in [9.17, 15) is 4.79 Å². The molecule has 4 atom stereocenters. The average Bonchev–Trinajstić information content (AvgIpc) is 2.22. The highest BCUT2D eigenvalue weighted by molar-refractivity contribution is 5.66. The van der Waals surface area contributed by atoms with E-state index in [1.165, 1.54) is 14.0 Å². The van der Waals surface area contributed by atoms with E-state index in [1.54, 1.807) is 6.92 Å². The molecule has 0 aliphatic carbocycles. The number of nitrogens with zero attached hydrogens (tertiary/aromatic N) is 3. The number of esters is 1. The summed E-state index contributed by atoms with van der Waals surface area (Å²) in [6, 6.07) is -0.456. The first-order chi connectivity index (χ1) is 7.58. The molecule has 0 aromatic rings. The molecule has 0 saturated carbocycles. The van der Waals surface area contributed by atoms with Crippen LogP contribution in [0.2, 0.25) is 0 Å². The van der Waals surface area contributed by atoms with E-state index in [0.717, 1.165) is 0 Å². The van der Waals surface area contributed by atoms with Crippen LogP contribution in [0, 0.1) is 0 Å². The second-order valence-corrected chi connectivity index (χ2v) is 3.59. The number of azide groups is 1. The van der Waals surface area contributed by atoms with Gasteiger partial charge >= 0.3 is 5.97 Å². The van der Waals surface area contributed by atoms with Crippen molar-refractivity contribution in [1.82, 2.24) is 0 Å². The molecule has 16 heavy (non-hydrogen) atoms. The summed E-state index contributed by atoms with van der Waals surface area (Å²) in [4.78, 5) is 13.7. The average molecular weight is 229 g/mol. The molecule has 1 fully saturated rings. The van der Waals surface area contributed by atoms with E-state index in [0.29, 0.717) is 6.42 Å². The number of carbonyl (C=O) groups excluding carboxylic acids is 1. The lowest BCUT2D eigenvalue weighted by molar-refractivity contribution is -0.220. The van der Waals surface area contributed by atoms with Crippen LogP contribution >= 0.6 is 0 Å². The number of hydrogen-bond donors (Lipinski definition) is 0. The van der Waals surface area contributed by atoms with Gasteiger partial charge in [0.25, 0.3) is 0 Å². The number of ether oxygens (including phenoxy) is 3. The summed E-state index contributed by atoms with van der Waals surface area (Å²) in [7, 11) is 1.51. The summed E-state index contributed by atoms with van der Waals surface area (Å²) in [6.07, 6.45) is -0.974. The highest BCUT2D eigenvalue weighted by Gasteiger charge is 2.38. The third kappa shape index (κ3) is 3.10. The lowest BCUT2D eigenvalue weighted by Crippen LogP contribution is -2.48. The third-order valence-corrected chi connectivity index (χ3v) is 2.41. The summed E-state index contributed by atoms with van der Waals surface area (Å²) < 4.78 is 15.6. The lowest BCUT2D eigenvalue weighted by atomic mass is 10.0. The van der Waals surface area contributed by atoms with Gasteiger partial charge in [-0.2, -0.15) is 0 Å². The zero-order valence-electron chi connectivity index (χ0n) is 9.49. The molecule has 1 aliphatic heterocycles. The van der Waals surface area contributed by atoms with Gasteiger partial charge in [-0.05, 0) is 12.5 Å². The van der Waals surface area contributed by atoms with Gasteiger partial charge < -0.3 is 14.2 Å². The predicted octanol–water partition coefficient (Wildman–Crippen LogP) is 1.38. The van der Waals surface area contributed by atoms with Gasteiger partial charge in [0.05, 0.1) is 12.1 Å². The van der Waals surface area contributed by atoms with Crippen molar-refractivity contribution in [1.29, 1.82) is 0 Å². The van der Waals surface area contributed by atoms with Gasteiger partial charge in [0, 0.05) is 25.4 Å². The van der Waals surface area contributed by atoms with Crippen molar-refractivity contribution < 1.29 is 19.0 Å². The molecule has 1 heterocycles. The summed E-state index contributed by atoms with van der Waals surface area (Å²) in [6.45, 7) is 3.06. The van der Waals surface area contributed by atoms with Crippen molar-refractivity contribution in [3.63, 3.8) is 0 Å². The molecular weight excluding hydrogens is 214 g/mol. The fraction of sp³-hybridized carbons (Fsp3) is 0.889. The standard InChI is InChI=1S/C9H15N3O4/c1-5-9(16-6(2)13)7(11-12-10)4-8(14-3)15-5/h5,7-9H,4H2,1-3H3/t5-,7-,8+,9-/m0/s1. The molecule has 0 aromatic carbocycles. The molecule has 1 saturated heterocycles.